The zero-order chi connectivity index (χ0) is 14.1. The third kappa shape index (κ3) is 2.24. The highest BCUT2D eigenvalue weighted by Crippen LogP contribution is 2.32. The molecule has 0 unspecified atom stereocenters. The van der Waals surface area contributed by atoms with Crippen LogP contribution in [0.5, 0.6) is 0 Å². The Bertz CT molecular complexity index is 649. The first-order chi connectivity index (χ1) is 9.65. The van der Waals surface area contributed by atoms with Crippen molar-refractivity contribution in [2.24, 2.45) is 15.2 Å². The molecule has 3 heterocycles. The second kappa shape index (κ2) is 4.96. The molecule has 1 fully saturated rings. The number of likely N-dealkylation sites (tertiary alicyclic amines) is 1. The van der Waals surface area contributed by atoms with E-state index in [0.717, 1.165) is 36.2 Å². The van der Waals surface area contributed by atoms with Crippen LogP contribution in [0.1, 0.15) is 24.0 Å². The predicted octanol–water partition coefficient (Wildman–Crippen LogP) is 1.85. The SMILES string of the molecule is CN1CCCC1=O.O=C1Cc2cccc3c2C(=N1)N=N3. The number of azo groups is 1. The Morgan fingerprint density at radius 2 is 2.05 bits per heavy atom. The summed E-state index contributed by atoms with van der Waals surface area (Å²) in [6.45, 7) is 0.957. The van der Waals surface area contributed by atoms with E-state index in [1.165, 1.54) is 0 Å². The van der Waals surface area contributed by atoms with Gasteiger partial charge in [-0.1, -0.05) is 12.1 Å². The van der Waals surface area contributed by atoms with Gasteiger partial charge >= 0.3 is 0 Å². The fraction of sp³-hybridized carbons (Fsp3) is 0.357. The second-order valence-electron chi connectivity index (χ2n) is 4.94. The minimum absolute atomic E-state index is 0.138. The molecule has 1 aromatic rings. The van der Waals surface area contributed by atoms with E-state index in [-0.39, 0.29) is 5.91 Å². The fourth-order valence-corrected chi connectivity index (χ4v) is 2.41. The minimum Gasteiger partial charge on any atom is -0.346 e. The maximum atomic E-state index is 11.1. The molecule has 4 rings (SSSR count). The first-order valence-corrected chi connectivity index (χ1v) is 6.54. The molecule has 2 amide bonds. The van der Waals surface area contributed by atoms with Crippen LogP contribution in [-0.2, 0) is 16.0 Å². The van der Waals surface area contributed by atoms with E-state index in [2.05, 4.69) is 15.2 Å². The van der Waals surface area contributed by atoms with E-state index in [1.54, 1.807) is 4.90 Å². The van der Waals surface area contributed by atoms with Gasteiger partial charge in [-0.25, -0.2) is 0 Å². The molecule has 0 aromatic heterocycles. The Balaban J connectivity index is 0.000000147. The van der Waals surface area contributed by atoms with Gasteiger partial charge in [0.15, 0.2) is 5.84 Å². The Labute approximate surface area is 116 Å². The predicted molar refractivity (Wildman–Crippen MR) is 73.1 cm³/mol. The number of benzene rings is 1. The molecular weight excluding hydrogens is 256 g/mol. The molecule has 0 N–H and O–H groups in total. The van der Waals surface area contributed by atoms with E-state index in [0.29, 0.717) is 18.2 Å². The lowest BCUT2D eigenvalue weighted by Crippen LogP contribution is -2.17. The van der Waals surface area contributed by atoms with Crippen molar-refractivity contribution in [3.05, 3.63) is 29.3 Å². The lowest BCUT2D eigenvalue weighted by molar-refractivity contribution is -0.126. The smallest absolute Gasteiger partial charge is 0.252 e. The Hall–Kier alpha value is -2.37. The zero-order valence-corrected chi connectivity index (χ0v) is 11.2. The molecule has 0 saturated carbocycles. The number of amidine groups is 1. The molecule has 6 nitrogen and oxygen atoms in total. The van der Waals surface area contributed by atoms with Crippen LogP contribution in [0.15, 0.2) is 33.4 Å². The molecule has 0 aliphatic carbocycles. The third-order valence-corrected chi connectivity index (χ3v) is 3.49. The normalized spacial score (nSPS) is 18.6. The van der Waals surface area contributed by atoms with Gasteiger partial charge in [-0.3, -0.25) is 9.59 Å². The van der Waals surface area contributed by atoms with Crippen molar-refractivity contribution < 1.29 is 9.59 Å². The summed E-state index contributed by atoms with van der Waals surface area (Å²) in [4.78, 5) is 27.2. The standard InChI is InChI=1S/C9H5N3O.C5H9NO/c13-7-4-5-2-1-3-6-8(5)9(10-7)12-11-6;1-6-4-2-3-5(6)7/h1-3H,4H2;2-4H2,1H3. The van der Waals surface area contributed by atoms with Crippen LogP contribution in [0.25, 0.3) is 0 Å². The minimum atomic E-state index is -0.138. The molecule has 3 aliphatic rings. The molecule has 20 heavy (non-hydrogen) atoms. The maximum absolute atomic E-state index is 11.1. The Morgan fingerprint density at radius 1 is 1.20 bits per heavy atom. The first kappa shape index (κ1) is 12.7. The molecule has 0 bridgehead atoms. The van der Waals surface area contributed by atoms with Gasteiger partial charge in [-0.15, -0.1) is 10.2 Å². The summed E-state index contributed by atoms with van der Waals surface area (Å²) in [5, 5.41) is 7.77. The van der Waals surface area contributed by atoms with E-state index in [1.807, 2.05) is 25.2 Å². The molecule has 3 aliphatic heterocycles. The van der Waals surface area contributed by atoms with Crippen LogP contribution in [0, 0.1) is 0 Å². The fourth-order valence-electron chi connectivity index (χ4n) is 2.41. The number of carbonyl (C=O) groups excluding carboxylic acids is 2. The number of amides is 2. The number of hydrogen-bond acceptors (Lipinski definition) is 4. The van der Waals surface area contributed by atoms with E-state index >= 15 is 0 Å². The average molecular weight is 270 g/mol. The Morgan fingerprint density at radius 3 is 2.70 bits per heavy atom. The summed E-state index contributed by atoms with van der Waals surface area (Å²) >= 11 is 0. The lowest BCUT2D eigenvalue weighted by Gasteiger charge is -2.08. The summed E-state index contributed by atoms with van der Waals surface area (Å²) in [6, 6.07) is 5.68. The second-order valence-corrected chi connectivity index (χ2v) is 4.94. The zero-order valence-electron chi connectivity index (χ0n) is 11.2. The van der Waals surface area contributed by atoms with Crippen molar-refractivity contribution in [2.75, 3.05) is 13.6 Å². The molecule has 0 atom stereocenters. The number of hydrogen-bond donors (Lipinski definition) is 0. The van der Waals surface area contributed by atoms with E-state index < -0.39 is 0 Å². The van der Waals surface area contributed by atoms with E-state index in [4.69, 9.17) is 0 Å². The quantitative estimate of drug-likeness (QED) is 0.721. The van der Waals surface area contributed by atoms with Gasteiger partial charge in [0.2, 0.25) is 5.91 Å². The van der Waals surface area contributed by atoms with Gasteiger partial charge in [-0.05, 0) is 18.1 Å². The topological polar surface area (TPSA) is 74.5 Å². The number of rotatable bonds is 0. The van der Waals surface area contributed by atoms with Crippen LogP contribution in [0.3, 0.4) is 0 Å². The largest absolute Gasteiger partial charge is 0.346 e. The van der Waals surface area contributed by atoms with Crippen molar-refractivity contribution >= 4 is 23.3 Å². The highest BCUT2D eigenvalue weighted by Gasteiger charge is 2.25. The summed E-state index contributed by atoms with van der Waals surface area (Å²) < 4.78 is 0. The van der Waals surface area contributed by atoms with Crippen molar-refractivity contribution in [2.45, 2.75) is 19.3 Å². The van der Waals surface area contributed by atoms with Crippen LogP contribution in [0.2, 0.25) is 0 Å². The molecule has 1 aromatic carbocycles. The van der Waals surface area contributed by atoms with Crippen LogP contribution < -0.4 is 0 Å². The highest BCUT2D eigenvalue weighted by atomic mass is 16.2. The molecular formula is C14H14N4O2. The van der Waals surface area contributed by atoms with Crippen molar-refractivity contribution in [1.82, 2.24) is 4.90 Å². The molecule has 0 radical (unpaired) electrons. The average Bonchev–Trinajstić information content (AvgIpc) is 2.99. The lowest BCUT2D eigenvalue weighted by atomic mass is 10.00. The van der Waals surface area contributed by atoms with Gasteiger partial charge in [0.25, 0.3) is 5.91 Å². The van der Waals surface area contributed by atoms with Crippen molar-refractivity contribution in [1.29, 1.82) is 0 Å². The first-order valence-electron chi connectivity index (χ1n) is 6.54. The van der Waals surface area contributed by atoms with Crippen LogP contribution >= 0.6 is 0 Å². The van der Waals surface area contributed by atoms with Gasteiger partial charge < -0.3 is 4.90 Å². The molecule has 6 heteroatoms. The highest BCUT2D eigenvalue weighted by molar-refractivity contribution is 6.14. The van der Waals surface area contributed by atoms with Crippen LogP contribution in [-0.4, -0.2) is 36.1 Å². The maximum Gasteiger partial charge on any atom is 0.252 e. The number of carbonyl (C=O) groups is 2. The van der Waals surface area contributed by atoms with Gasteiger partial charge in [0.1, 0.15) is 0 Å². The van der Waals surface area contributed by atoms with Crippen molar-refractivity contribution in [3.8, 4) is 0 Å². The number of nitrogens with zero attached hydrogens (tertiary/aromatic N) is 4. The summed E-state index contributed by atoms with van der Waals surface area (Å²) in [5.74, 6) is 0.627. The van der Waals surface area contributed by atoms with Crippen LogP contribution in [0.4, 0.5) is 5.69 Å². The van der Waals surface area contributed by atoms with Gasteiger partial charge in [0, 0.05) is 20.0 Å². The molecule has 0 spiro atoms. The third-order valence-electron chi connectivity index (χ3n) is 3.49. The van der Waals surface area contributed by atoms with E-state index in [9.17, 15) is 9.59 Å². The molecule has 1 saturated heterocycles. The monoisotopic (exact) mass is 270 g/mol. The summed E-state index contributed by atoms with van der Waals surface area (Å²) in [6.07, 6.45) is 2.18. The Kier molecular flexibility index (Phi) is 3.14. The van der Waals surface area contributed by atoms with Gasteiger partial charge in [-0.2, -0.15) is 4.99 Å². The van der Waals surface area contributed by atoms with Gasteiger partial charge in [0.05, 0.1) is 17.7 Å². The summed E-state index contributed by atoms with van der Waals surface area (Å²) in [7, 11) is 1.84. The number of aliphatic imine (C=N–C) groups is 1. The molecule has 102 valence electrons. The summed E-state index contributed by atoms with van der Waals surface area (Å²) in [5.41, 5.74) is 2.74. The van der Waals surface area contributed by atoms with Crippen molar-refractivity contribution in [3.63, 3.8) is 0 Å².